The molecule has 27 heavy (non-hydrogen) atoms. The van der Waals surface area contributed by atoms with E-state index in [2.05, 4.69) is 35.3 Å². The summed E-state index contributed by atoms with van der Waals surface area (Å²) in [6.07, 6.45) is 1.00. The number of aryl methyl sites for hydroxylation is 3. The molecule has 0 radical (unpaired) electrons. The number of benzene rings is 2. The zero-order valence-electron chi connectivity index (χ0n) is 15.9. The van der Waals surface area contributed by atoms with Crippen LogP contribution < -0.4 is 9.47 Å². The van der Waals surface area contributed by atoms with Gasteiger partial charge in [0, 0.05) is 5.75 Å². The van der Waals surface area contributed by atoms with Gasteiger partial charge in [-0.1, -0.05) is 43.0 Å². The van der Waals surface area contributed by atoms with E-state index in [0.29, 0.717) is 17.7 Å². The van der Waals surface area contributed by atoms with Crippen LogP contribution in [-0.4, -0.2) is 22.6 Å². The lowest BCUT2D eigenvalue weighted by molar-refractivity contribution is 0.250. The number of hydrogen-bond donors (Lipinski definition) is 0. The van der Waals surface area contributed by atoms with Crippen LogP contribution in [0.25, 0.3) is 0 Å². The minimum absolute atomic E-state index is 0.262. The third kappa shape index (κ3) is 5.76. The van der Waals surface area contributed by atoms with Gasteiger partial charge in [-0.15, -0.1) is 10.2 Å². The Morgan fingerprint density at radius 2 is 1.93 bits per heavy atom. The molecular weight excluding hydrogens is 360 g/mol. The summed E-state index contributed by atoms with van der Waals surface area (Å²) < 4.78 is 17.2. The third-order valence-corrected chi connectivity index (χ3v) is 4.81. The highest BCUT2D eigenvalue weighted by atomic mass is 32.2. The monoisotopic (exact) mass is 384 g/mol. The Hall–Kier alpha value is -2.47. The highest BCUT2D eigenvalue weighted by Gasteiger charge is 2.09. The number of hydrogen-bond acceptors (Lipinski definition) is 6. The predicted molar refractivity (Wildman–Crippen MR) is 107 cm³/mol. The van der Waals surface area contributed by atoms with Crippen molar-refractivity contribution in [2.24, 2.45) is 0 Å². The average molecular weight is 385 g/mol. The van der Waals surface area contributed by atoms with Crippen LogP contribution in [0.1, 0.15) is 29.5 Å². The highest BCUT2D eigenvalue weighted by Crippen LogP contribution is 2.22. The fourth-order valence-electron chi connectivity index (χ4n) is 2.50. The molecule has 0 amide bonds. The van der Waals surface area contributed by atoms with E-state index >= 15 is 0 Å². The van der Waals surface area contributed by atoms with Gasteiger partial charge in [-0.2, -0.15) is 0 Å². The second-order valence-corrected chi connectivity index (χ2v) is 7.26. The second-order valence-electron chi connectivity index (χ2n) is 6.22. The number of rotatable bonds is 9. The van der Waals surface area contributed by atoms with Gasteiger partial charge in [0.25, 0.3) is 11.1 Å². The molecule has 1 aromatic heterocycles. The molecule has 0 saturated carbocycles. The van der Waals surface area contributed by atoms with Crippen LogP contribution in [0.15, 0.2) is 52.1 Å². The van der Waals surface area contributed by atoms with Crippen LogP contribution in [0.3, 0.4) is 0 Å². The van der Waals surface area contributed by atoms with Gasteiger partial charge in [-0.05, 0) is 55.2 Å². The SMILES string of the molecule is CCc1cccc(OCCSc2nnc(COc3cc(C)ccc3C)o2)c1. The van der Waals surface area contributed by atoms with E-state index in [0.717, 1.165) is 34.8 Å². The molecule has 0 bridgehead atoms. The smallest absolute Gasteiger partial charge is 0.276 e. The van der Waals surface area contributed by atoms with Crippen molar-refractivity contribution in [1.82, 2.24) is 10.2 Å². The van der Waals surface area contributed by atoms with Gasteiger partial charge in [0.1, 0.15) is 11.5 Å². The van der Waals surface area contributed by atoms with Gasteiger partial charge in [0.15, 0.2) is 6.61 Å². The summed E-state index contributed by atoms with van der Waals surface area (Å²) in [4.78, 5) is 0. The second kappa shape index (κ2) is 9.46. The van der Waals surface area contributed by atoms with Crippen LogP contribution in [0, 0.1) is 13.8 Å². The zero-order valence-corrected chi connectivity index (χ0v) is 16.7. The number of aromatic nitrogens is 2. The van der Waals surface area contributed by atoms with Crippen LogP contribution in [0.4, 0.5) is 0 Å². The number of nitrogens with zero attached hydrogens (tertiary/aromatic N) is 2. The molecule has 1 heterocycles. The van der Waals surface area contributed by atoms with Gasteiger partial charge in [0.05, 0.1) is 6.61 Å². The summed E-state index contributed by atoms with van der Waals surface area (Å²) in [5.74, 6) is 2.93. The molecule has 0 spiro atoms. The summed E-state index contributed by atoms with van der Waals surface area (Å²) in [5, 5.41) is 8.62. The molecule has 0 aliphatic carbocycles. The molecule has 142 valence electrons. The first-order chi connectivity index (χ1) is 13.1. The zero-order chi connectivity index (χ0) is 19.1. The Morgan fingerprint density at radius 3 is 2.78 bits per heavy atom. The largest absolute Gasteiger partial charge is 0.493 e. The summed E-state index contributed by atoms with van der Waals surface area (Å²) >= 11 is 1.48. The van der Waals surface area contributed by atoms with Crippen LogP contribution in [0.5, 0.6) is 11.5 Å². The first-order valence-electron chi connectivity index (χ1n) is 9.01. The molecule has 6 heteroatoms. The van der Waals surface area contributed by atoms with E-state index in [9.17, 15) is 0 Å². The predicted octanol–water partition coefficient (Wildman–Crippen LogP) is 5.00. The van der Waals surface area contributed by atoms with Crippen molar-refractivity contribution in [2.45, 2.75) is 39.0 Å². The van der Waals surface area contributed by atoms with Crippen molar-refractivity contribution in [3.8, 4) is 11.5 Å². The minimum Gasteiger partial charge on any atom is -0.493 e. The molecule has 2 aromatic carbocycles. The van der Waals surface area contributed by atoms with E-state index in [1.54, 1.807) is 0 Å². The Balaban J connectivity index is 1.43. The standard InChI is InChI=1S/C21H24N2O3S/c1-4-17-6-5-7-18(13-17)24-10-11-27-21-23-22-20(26-21)14-25-19-12-15(2)8-9-16(19)3/h5-9,12-13H,4,10-11,14H2,1-3H3. The van der Waals surface area contributed by atoms with Crippen molar-refractivity contribution < 1.29 is 13.9 Å². The molecule has 0 saturated heterocycles. The Morgan fingerprint density at radius 1 is 1.04 bits per heavy atom. The minimum atomic E-state index is 0.262. The van der Waals surface area contributed by atoms with E-state index in [-0.39, 0.29) is 6.61 Å². The Bertz CT molecular complexity index is 879. The van der Waals surface area contributed by atoms with Crippen LogP contribution in [0.2, 0.25) is 0 Å². The van der Waals surface area contributed by atoms with E-state index < -0.39 is 0 Å². The first kappa shape index (κ1) is 19.3. The molecule has 0 N–H and O–H groups in total. The molecule has 0 aliphatic rings. The first-order valence-corrected chi connectivity index (χ1v) is 9.99. The molecular formula is C21H24N2O3S. The van der Waals surface area contributed by atoms with Crippen LogP contribution >= 0.6 is 11.8 Å². The maximum atomic E-state index is 5.79. The lowest BCUT2D eigenvalue weighted by atomic mass is 10.1. The topological polar surface area (TPSA) is 57.4 Å². The van der Waals surface area contributed by atoms with Gasteiger partial charge in [-0.3, -0.25) is 0 Å². The quantitative estimate of drug-likeness (QED) is 0.382. The highest BCUT2D eigenvalue weighted by molar-refractivity contribution is 7.99. The maximum absolute atomic E-state index is 5.79. The summed E-state index contributed by atoms with van der Waals surface area (Å²) in [5.41, 5.74) is 3.51. The van der Waals surface area contributed by atoms with Crippen molar-refractivity contribution in [2.75, 3.05) is 12.4 Å². The summed E-state index contributed by atoms with van der Waals surface area (Å²) in [6.45, 7) is 7.02. The lowest BCUT2D eigenvalue weighted by Gasteiger charge is -2.07. The summed E-state index contributed by atoms with van der Waals surface area (Å²) in [7, 11) is 0. The number of ether oxygens (including phenoxy) is 2. The van der Waals surface area contributed by atoms with Gasteiger partial charge in [-0.25, -0.2) is 0 Å². The fourth-order valence-corrected chi connectivity index (χ4v) is 3.10. The van der Waals surface area contributed by atoms with E-state index in [4.69, 9.17) is 13.9 Å². The molecule has 3 aromatic rings. The van der Waals surface area contributed by atoms with Gasteiger partial charge >= 0.3 is 0 Å². The van der Waals surface area contributed by atoms with Crippen molar-refractivity contribution in [3.05, 3.63) is 65.0 Å². The average Bonchev–Trinajstić information content (AvgIpc) is 3.14. The third-order valence-electron chi connectivity index (χ3n) is 4.03. The molecule has 0 unspecified atom stereocenters. The fraction of sp³-hybridized carbons (Fsp3) is 0.333. The Labute approximate surface area is 164 Å². The van der Waals surface area contributed by atoms with Gasteiger partial charge in [0.2, 0.25) is 0 Å². The normalized spacial score (nSPS) is 10.8. The molecule has 0 fully saturated rings. The van der Waals surface area contributed by atoms with E-state index in [1.807, 2.05) is 38.1 Å². The number of thioether (sulfide) groups is 1. The lowest BCUT2D eigenvalue weighted by Crippen LogP contribution is -2.00. The van der Waals surface area contributed by atoms with Crippen LogP contribution in [-0.2, 0) is 13.0 Å². The van der Waals surface area contributed by atoms with E-state index in [1.165, 1.54) is 17.3 Å². The summed E-state index contributed by atoms with van der Waals surface area (Å²) in [6, 6.07) is 14.3. The molecule has 5 nitrogen and oxygen atoms in total. The van der Waals surface area contributed by atoms with Gasteiger partial charge < -0.3 is 13.9 Å². The molecule has 0 atom stereocenters. The van der Waals surface area contributed by atoms with Crippen molar-refractivity contribution in [1.29, 1.82) is 0 Å². The Kier molecular flexibility index (Phi) is 6.76. The maximum Gasteiger partial charge on any atom is 0.276 e. The van der Waals surface area contributed by atoms with Crippen molar-refractivity contribution in [3.63, 3.8) is 0 Å². The molecule has 3 rings (SSSR count). The molecule has 0 aliphatic heterocycles. The van der Waals surface area contributed by atoms with Crippen molar-refractivity contribution >= 4 is 11.8 Å².